The molecule has 20 heavy (non-hydrogen) atoms. The van der Waals surface area contributed by atoms with E-state index in [1.54, 1.807) is 0 Å². The Morgan fingerprint density at radius 1 is 1.10 bits per heavy atom. The Morgan fingerprint density at radius 3 is 2.25 bits per heavy atom. The summed E-state index contributed by atoms with van der Waals surface area (Å²) in [6, 6.07) is 0. The maximum atomic E-state index is 11.7. The van der Waals surface area contributed by atoms with E-state index in [0.717, 1.165) is 12.5 Å². The lowest BCUT2D eigenvalue weighted by atomic mass is 9.88. The van der Waals surface area contributed by atoms with Gasteiger partial charge >= 0.3 is 6.09 Å². The minimum absolute atomic E-state index is 0.103. The van der Waals surface area contributed by atoms with Gasteiger partial charge in [-0.05, 0) is 59.9 Å². The molecule has 0 aromatic carbocycles. The second-order valence-corrected chi connectivity index (χ2v) is 7.62. The van der Waals surface area contributed by atoms with Crippen LogP contribution in [0.5, 0.6) is 0 Å². The molecule has 0 atom stereocenters. The first-order chi connectivity index (χ1) is 9.18. The van der Waals surface area contributed by atoms with Crippen LogP contribution in [-0.4, -0.2) is 30.3 Å². The molecule has 0 aliphatic heterocycles. The molecule has 4 heteroatoms. The standard InChI is InChI=1S/C16H32N2O2/c1-15(2,3)20-14(19)17-12-16(4,5)18-11-13-9-7-6-8-10-13/h13,18H,6-12H2,1-5H3,(H,17,19). The van der Waals surface area contributed by atoms with Crippen LogP contribution in [0.15, 0.2) is 0 Å². The first-order valence-corrected chi connectivity index (χ1v) is 7.90. The summed E-state index contributed by atoms with van der Waals surface area (Å²) in [5, 5.41) is 6.42. The van der Waals surface area contributed by atoms with Gasteiger partial charge < -0.3 is 15.4 Å². The van der Waals surface area contributed by atoms with E-state index in [9.17, 15) is 4.79 Å². The van der Waals surface area contributed by atoms with Gasteiger partial charge in [-0.2, -0.15) is 0 Å². The highest BCUT2D eigenvalue weighted by Crippen LogP contribution is 2.23. The van der Waals surface area contributed by atoms with Gasteiger partial charge in [-0.3, -0.25) is 0 Å². The summed E-state index contributed by atoms with van der Waals surface area (Å²) in [4.78, 5) is 11.7. The quantitative estimate of drug-likeness (QED) is 0.813. The molecular weight excluding hydrogens is 252 g/mol. The van der Waals surface area contributed by atoms with Crippen molar-refractivity contribution in [2.24, 2.45) is 5.92 Å². The number of carbonyl (C=O) groups is 1. The molecule has 1 fully saturated rings. The van der Waals surface area contributed by atoms with Gasteiger partial charge in [0.2, 0.25) is 0 Å². The molecule has 0 unspecified atom stereocenters. The third kappa shape index (κ3) is 7.73. The molecule has 0 heterocycles. The van der Waals surface area contributed by atoms with E-state index >= 15 is 0 Å². The van der Waals surface area contributed by atoms with Gasteiger partial charge in [0.25, 0.3) is 0 Å². The summed E-state index contributed by atoms with van der Waals surface area (Å²) < 4.78 is 5.25. The van der Waals surface area contributed by atoms with Gasteiger partial charge in [-0.25, -0.2) is 4.79 Å². The van der Waals surface area contributed by atoms with E-state index in [0.29, 0.717) is 6.54 Å². The number of alkyl carbamates (subject to hydrolysis) is 1. The highest BCUT2D eigenvalue weighted by molar-refractivity contribution is 5.67. The van der Waals surface area contributed by atoms with E-state index < -0.39 is 5.60 Å². The predicted molar refractivity (Wildman–Crippen MR) is 82.9 cm³/mol. The Hall–Kier alpha value is -0.770. The lowest BCUT2D eigenvalue weighted by molar-refractivity contribution is 0.0513. The molecule has 0 bridgehead atoms. The maximum absolute atomic E-state index is 11.7. The number of amides is 1. The second kappa shape index (κ2) is 7.30. The zero-order chi connectivity index (χ0) is 15.2. The average molecular weight is 284 g/mol. The Kier molecular flexibility index (Phi) is 6.31. The van der Waals surface area contributed by atoms with Gasteiger partial charge in [0.15, 0.2) is 0 Å². The molecule has 1 amide bonds. The number of hydrogen-bond donors (Lipinski definition) is 2. The van der Waals surface area contributed by atoms with E-state index in [1.807, 2.05) is 20.8 Å². The van der Waals surface area contributed by atoms with Crippen molar-refractivity contribution in [2.45, 2.75) is 77.9 Å². The average Bonchev–Trinajstić information content (AvgIpc) is 2.34. The fourth-order valence-corrected chi connectivity index (χ4v) is 2.48. The molecule has 0 aromatic heterocycles. The molecule has 0 spiro atoms. The molecule has 4 nitrogen and oxygen atoms in total. The van der Waals surface area contributed by atoms with Crippen molar-refractivity contribution < 1.29 is 9.53 Å². The van der Waals surface area contributed by atoms with Crippen LogP contribution in [0.2, 0.25) is 0 Å². The largest absolute Gasteiger partial charge is 0.444 e. The highest BCUT2D eigenvalue weighted by atomic mass is 16.6. The van der Waals surface area contributed by atoms with E-state index in [4.69, 9.17) is 4.74 Å². The monoisotopic (exact) mass is 284 g/mol. The topological polar surface area (TPSA) is 50.4 Å². The molecule has 1 saturated carbocycles. The molecule has 0 aromatic rings. The summed E-state index contributed by atoms with van der Waals surface area (Å²) in [5.74, 6) is 0.796. The first kappa shape index (κ1) is 17.3. The highest BCUT2D eigenvalue weighted by Gasteiger charge is 2.23. The van der Waals surface area contributed by atoms with Crippen LogP contribution >= 0.6 is 0 Å². The normalized spacial score (nSPS) is 17.9. The van der Waals surface area contributed by atoms with Crippen molar-refractivity contribution in [1.82, 2.24) is 10.6 Å². The van der Waals surface area contributed by atoms with Crippen molar-refractivity contribution in [2.75, 3.05) is 13.1 Å². The van der Waals surface area contributed by atoms with E-state index in [1.165, 1.54) is 32.1 Å². The molecule has 2 N–H and O–H groups in total. The van der Waals surface area contributed by atoms with Crippen molar-refractivity contribution in [3.05, 3.63) is 0 Å². The fraction of sp³-hybridized carbons (Fsp3) is 0.938. The van der Waals surface area contributed by atoms with Crippen LogP contribution in [0.25, 0.3) is 0 Å². The summed E-state index contributed by atoms with van der Waals surface area (Å²) in [6.07, 6.45) is 6.45. The van der Waals surface area contributed by atoms with Crippen LogP contribution in [0.1, 0.15) is 66.7 Å². The number of ether oxygens (including phenoxy) is 1. The number of rotatable bonds is 5. The zero-order valence-corrected chi connectivity index (χ0v) is 13.8. The maximum Gasteiger partial charge on any atom is 0.407 e. The van der Waals surface area contributed by atoms with Crippen molar-refractivity contribution >= 4 is 6.09 Å². The van der Waals surface area contributed by atoms with Crippen LogP contribution in [-0.2, 0) is 4.74 Å². The Bertz CT molecular complexity index is 302. The molecule has 118 valence electrons. The van der Waals surface area contributed by atoms with Crippen LogP contribution in [0, 0.1) is 5.92 Å². The number of nitrogens with one attached hydrogen (secondary N) is 2. The van der Waals surface area contributed by atoms with Crippen molar-refractivity contribution in [3.63, 3.8) is 0 Å². The Balaban J connectivity index is 2.24. The summed E-state index contributed by atoms with van der Waals surface area (Å²) >= 11 is 0. The summed E-state index contributed by atoms with van der Waals surface area (Å²) in [5.41, 5.74) is -0.544. The molecule has 0 radical (unpaired) electrons. The molecule has 0 saturated heterocycles. The Morgan fingerprint density at radius 2 is 1.70 bits per heavy atom. The van der Waals surface area contributed by atoms with Gasteiger partial charge in [-0.1, -0.05) is 19.3 Å². The third-order valence-electron chi connectivity index (χ3n) is 3.67. The molecule has 1 rings (SSSR count). The molecule has 1 aliphatic rings. The van der Waals surface area contributed by atoms with Crippen LogP contribution < -0.4 is 10.6 Å². The summed E-state index contributed by atoms with van der Waals surface area (Å²) in [6.45, 7) is 11.5. The first-order valence-electron chi connectivity index (χ1n) is 7.90. The number of hydrogen-bond acceptors (Lipinski definition) is 3. The van der Waals surface area contributed by atoms with E-state index in [-0.39, 0.29) is 11.6 Å². The fourth-order valence-electron chi connectivity index (χ4n) is 2.48. The lowest BCUT2D eigenvalue weighted by Gasteiger charge is -2.31. The molecular formula is C16H32N2O2. The predicted octanol–water partition coefficient (Wildman–Crippen LogP) is 3.46. The van der Waals surface area contributed by atoms with Gasteiger partial charge in [0.1, 0.15) is 5.60 Å². The summed E-state index contributed by atoms with van der Waals surface area (Å²) in [7, 11) is 0. The van der Waals surface area contributed by atoms with Gasteiger partial charge in [0, 0.05) is 12.1 Å². The van der Waals surface area contributed by atoms with Gasteiger partial charge in [0.05, 0.1) is 0 Å². The van der Waals surface area contributed by atoms with Crippen molar-refractivity contribution in [3.8, 4) is 0 Å². The zero-order valence-electron chi connectivity index (χ0n) is 13.8. The minimum atomic E-state index is -0.441. The van der Waals surface area contributed by atoms with Crippen molar-refractivity contribution in [1.29, 1.82) is 0 Å². The SMILES string of the molecule is CC(C)(CNC(=O)OC(C)(C)C)NCC1CCCCC1. The van der Waals surface area contributed by atoms with Crippen LogP contribution in [0.3, 0.4) is 0 Å². The smallest absolute Gasteiger partial charge is 0.407 e. The minimum Gasteiger partial charge on any atom is -0.444 e. The Labute approximate surface area is 124 Å². The number of carbonyl (C=O) groups excluding carboxylic acids is 1. The van der Waals surface area contributed by atoms with E-state index in [2.05, 4.69) is 24.5 Å². The lowest BCUT2D eigenvalue weighted by Crippen LogP contribution is -2.51. The second-order valence-electron chi connectivity index (χ2n) is 7.62. The van der Waals surface area contributed by atoms with Gasteiger partial charge in [-0.15, -0.1) is 0 Å². The molecule has 1 aliphatic carbocycles. The van der Waals surface area contributed by atoms with Crippen LogP contribution in [0.4, 0.5) is 4.79 Å². The third-order valence-corrected chi connectivity index (χ3v) is 3.67.